The smallest absolute Gasteiger partial charge is 0.391 e. The highest BCUT2D eigenvalue weighted by molar-refractivity contribution is 6.00. The van der Waals surface area contributed by atoms with E-state index in [1.807, 2.05) is 13.0 Å². The van der Waals surface area contributed by atoms with Crippen molar-refractivity contribution in [3.8, 4) is 0 Å². The van der Waals surface area contributed by atoms with Gasteiger partial charge in [0.25, 0.3) is 0 Å². The Kier molecular flexibility index (Phi) is 8.40. The van der Waals surface area contributed by atoms with Gasteiger partial charge in [0, 0.05) is 18.3 Å². The number of benzene rings is 2. The number of hydrogen-bond acceptors (Lipinski definition) is 5. The Morgan fingerprint density at radius 3 is 2.52 bits per heavy atom. The molecule has 0 bridgehead atoms. The number of oxime groups is 1. The first kappa shape index (κ1) is 24.2. The topological polar surface area (TPSA) is 92.0 Å². The molecular formula is C21H26F3N5O2. The van der Waals surface area contributed by atoms with Crippen LogP contribution in [0.1, 0.15) is 42.5 Å². The number of alkyl halides is 3. The summed E-state index contributed by atoms with van der Waals surface area (Å²) in [7, 11) is 1.46. The van der Waals surface area contributed by atoms with E-state index in [0.29, 0.717) is 35.4 Å². The lowest BCUT2D eigenvalue weighted by molar-refractivity contribution is -0.137. The SMILES string of the molecule is CCC(=NOCc1c(CC)cccc1NC(=O)N(C)NN)c1cccc(C(F)(F)F)c1. The molecule has 0 radical (unpaired) electrons. The molecule has 0 heterocycles. The maximum Gasteiger partial charge on any atom is 0.416 e. The molecule has 0 aliphatic heterocycles. The number of hydrazine groups is 2. The van der Waals surface area contributed by atoms with E-state index < -0.39 is 17.8 Å². The molecule has 0 saturated heterocycles. The van der Waals surface area contributed by atoms with Crippen molar-refractivity contribution >= 4 is 17.4 Å². The van der Waals surface area contributed by atoms with E-state index in [1.165, 1.54) is 13.1 Å². The molecule has 168 valence electrons. The van der Waals surface area contributed by atoms with Crippen LogP contribution in [-0.2, 0) is 24.0 Å². The second-order valence-corrected chi connectivity index (χ2v) is 6.66. The van der Waals surface area contributed by atoms with Gasteiger partial charge in [-0.3, -0.25) is 5.84 Å². The van der Waals surface area contributed by atoms with E-state index in [1.54, 1.807) is 25.1 Å². The van der Waals surface area contributed by atoms with Crippen molar-refractivity contribution in [3.05, 3.63) is 64.7 Å². The summed E-state index contributed by atoms with van der Waals surface area (Å²) in [4.78, 5) is 17.6. The number of nitrogens with two attached hydrogens (primary N) is 1. The lowest BCUT2D eigenvalue weighted by Gasteiger charge is -2.19. The molecule has 31 heavy (non-hydrogen) atoms. The Bertz CT molecular complexity index is 931. The fourth-order valence-electron chi connectivity index (χ4n) is 2.88. The molecule has 0 fully saturated rings. The lowest BCUT2D eigenvalue weighted by Crippen LogP contribution is -2.46. The summed E-state index contributed by atoms with van der Waals surface area (Å²) < 4.78 is 39.0. The number of carbonyl (C=O) groups excluding carboxylic acids is 1. The Morgan fingerprint density at radius 2 is 1.90 bits per heavy atom. The van der Waals surface area contributed by atoms with Crippen LogP contribution < -0.4 is 16.7 Å². The first-order valence-corrected chi connectivity index (χ1v) is 9.69. The summed E-state index contributed by atoms with van der Waals surface area (Å²) in [6.07, 6.45) is -3.37. The zero-order valence-electron chi connectivity index (χ0n) is 17.6. The predicted octanol–water partition coefficient (Wildman–Crippen LogP) is 4.44. The van der Waals surface area contributed by atoms with E-state index in [0.717, 1.165) is 22.7 Å². The van der Waals surface area contributed by atoms with Gasteiger partial charge in [0.2, 0.25) is 0 Å². The van der Waals surface area contributed by atoms with Gasteiger partial charge in [-0.2, -0.15) is 18.7 Å². The largest absolute Gasteiger partial charge is 0.416 e. The Hall–Kier alpha value is -3.11. The number of rotatable bonds is 8. The molecule has 0 spiro atoms. The third-order valence-electron chi connectivity index (χ3n) is 4.64. The van der Waals surface area contributed by atoms with E-state index >= 15 is 0 Å². The van der Waals surface area contributed by atoms with Gasteiger partial charge in [0.15, 0.2) is 0 Å². The molecule has 2 amide bonds. The van der Waals surface area contributed by atoms with Crippen LogP contribution in [0, 0.1) is 0 Å². The van der Waals surface area contributed by atoms with Crippen LogP contribution in [0.3, 0.4) is 0 Å². The van der Waals surface area contributed by atoms with Gasteiger partial charge in [0.05, 0.1) is 11.3 Å². The lowest BCUT2D eigenvalue weighted by atomic mass is 10.0. The van der Waals surface area contributed by atoms with Crippen molar-refractivity contribution in [2.45, 2.75) is 39.5 Å². The van der Waals surface area contributed by atoms with Crippen LogP contribution in [0.2, 0.25) is 0 Å². The van der Waals surface area contributed by atoms with Crippen LogP contribution in [-0.4, -0.2) is 23.8 Å². The number of aryl methyl sites for hydroxylation is 1. The predicted molar refractivity (Wildman–Crippen MR) is 113 cm³/mol. The fourth-order valence-corrected chi connectivity index (χ4v) is 2.88. The molecule has 0 atom stereocenters. The molecule has 0 unspecified atom stereocenters. The third-order valence-corrected chi connectivity index (χ3v) is 4.64. The highest BCUT2D eigenvalue weighted by atomic mass is 19.4. The molecule has 4 N–H and O–H groups in total. The number of urea groups is 1. The number of hydrogen-bond donors (Lipinski definition) is 3. The van der Waals surface area contributed by atoms with Gasteiger partial charge in [-0.1, -0.05) is 43.3 Å². The standard InChI is InChI=1S/C21H26F3N5O2/c1-4-14-8-7-11-19(26-20(30)29(3)28-25)17(14)13-31-27-18(5-2)15-9-6-10-16(12-15)21(22,23)24/h6-12,28H,4-5,13,25H2,1-3H3,(H,26,30). The number of anilines is 1. The normalized spacial score (nSPS) is 11.9. The molecule has 0 aliphatic carbocycles. The van der Waals surface area contributed by atoms with Crippen molar-refractivity contribution in [2.24, 2.45) is 11.0 Å². The van der Waals surface area contributed by atoms with Gasteiger partial charge < -0.3 is 10.2 Å². The Morgan fingerprint density at radius 1 is 1.19 bits per heavy atom. The second-order valence-electron chi connectivity index (χ2n) is 6.66. The molecule has 0 saturated carbocycles. The average Bonchev–Trinajstić information content (AvgIpc) is 2.76. The minimum Gasteiger partial charge on any atom is -0.391 e. The van der Waals surface area contributed by atoms with Crippen molar-refractivity contribution in [2.75, 3.05) is 12.4 Å². The Balaban J connectivity index is 2.25. The summed E-state index contributed by atoms with van der Waals surface area (Å²) in [5, 5.41) is 7.88. The van der Waals surface area contributed by atoms with Crippen LogP contribution in [0.4, 0.5) is 23.7 Å². The molecule has 2 aromatic rings. The second kappa shape index (κ2) is 10.8. The summed E-state index contributed by atoms with van der Waals surface area (Å²) in [6.45, 7) is 3.77. The van der Waals surface area contributed by atoms with Crippen LogP contribution >= 0.6 is 0 Å². The number of nitrogens with one attached hydrogen (secondary N) is 2. The van der Waals surface area contributed by atoms with E-state index in [2.05, 4.69) is 16.0 Å². The maximum atomic E-state index is 13.0. The highest BCUT2D eigenvalue weighted by Crippen LogP contribution is 2.30. The highest BCUT2D eigenvalue weighted by Gasteiger charge is 2.30. The molecule has 0 aromatic heterocycles. The van der Waals surface area contributed by atoms with Crippen molar-refractivity contribution in [3.63, 3.8) is 0 Å². The summed E-state index contributed by atoms with van der Waals surface area (Å²) in [5.74, 6) is 5.24. The molecule has 0 aliphatic rings. The maximum absolute atomic E-state index is 13.0. The van der Waals surface area contributed by atoms with Crippen LogP contribution in [0.5, 0.6) is 0 Å². The molecule has 2 rings (SSSR count). The van der Waals surface area contributed by atoms with Gasteiger partial charge in [-0.05, 0) is 42.2 Å². The van der Waals surface area contributed by atoms with Gasteiger partial charge >= 0.3 is 12.2 Å². The first-order valence-electron chi connectivity index (χ1n) is 9.69. The van der Waals surface area contributed by atoms with Gasteiger partial charge in [0.1, 0.15) is 6.61 Å². The molecular weight excluding hydrogens is 411 g/mol. The number of halogens is 3. The summed E-state index contributed by atoms with van der Waals surface area (Å²) >= 11 is 0. The van der Waals surface area contributed by atoms with E-state index in [-0.39, 0.29) is 6.61 Å². The third kappa shape index (κ3) is 6.43. The monoisotopic (exact) mass is 437 g/mol. The Labute approximate surface area is 179 Å². The first-order chi connectivity index (χ1) is 14.7. The van der Waals surface area contributed by atoms with Crippen LogP contribution in [0.15, 0.2) is 47.6 Å². The molecule has 10 heteroatoms. The zero-order chi connectivity index (χ0) is 23.0. The summed E-state index contributed by atoms with van der Waals surface area (Å²) in [5.41, 5.74) is 4.38. The number of nitrogens with zero attached hydrogens (tertiary/aromatic N) is 2. The zero-order valence-corrected chi connectivity index (χ0v) is 17.6. The van der Waals surface area contributed by atoms with E-state index in [4.69, 9.17) is 10.7 Å². The average molecular weight is 437 g/mol. The van der Waals surface area contributed by atoms with Gasteiger partial charge in [-0.15, -0.1) is 0 Å². The van der Waals surface area contributed by atoms with E-state index in [9.17, 15) is 18.0 Å². The number of carbonyl (C=O) groups is 1. The summed E-state index contributed by atoms with van der Waals surface area (Å²) in [6, 6.07) is 9.90. The van der Waals surface area contributed by atoms with Crippen molar-refractivity contribution in [1.29, 1.82) is 0 Å². The van der Waals surface area contributed by atoms with Crippen LogP contribution in [0.25, 0.3) is 0 Å². The molecule has 7 nitrogen and oxygen atoms in total. The minimum absolute atomic E-state index is 0.0296. The quantitative estimate of drug-likeness (QED) is 0.323. The minimum atomic E-state index is -4.44. The fraction of sp³-hybridized carbons (Fsp3) is 0.333. The van der Waals surface area contributed by atoms with Crippen molar-refractivity contribution in [1.82, 2.24) is 10.5 Å². The van der Waals surface area contributed by atoms with Crippen molar-refractivity contribution < 1.29 is 22.8 Å². The number of amides is 2. The van der Waals surface area contributed by atoms with Gasteiger partial charge in [-0.25, -0.2) is 9.80 Å². The molecule has 2 aromatic carbocycles.